The molecule has 1 aromatic carbocycles. The molecule has 0 heterocycles. The van der Waals surface area contributed by atoms with Gasteiger partial charge in [-0.05, 0) is 17.7 Å². The normalized spacial score (nSPS) is 11.8. The molecule has 0 aliphatic rings. The van der Waals surface area contributed by atoms with E-state index in [1.54, 1.807) is 12.1 Å². The minimum atomic E-state index is -1.10. The van der Waals surface area contributed by atoms with Crippen molar-refractivity contribution in [3.05, 3.63) is 29.8 Å². The van der Waals surface area contributed by atoms with E-state index >= 15 is 0 Å². The quantitative estimate of drug-likeness (QED) is 0.670. The maximum Gasteiger partial charge on any atom is 0.326 e. The molecule has 0 aromatic heterocycles. The Morgan fingerprint density at radius 2 is 2.16 bits per heavy atom. The Bertz CT molecular complexity index is 446. The first-order valence-electron chi connectivity index (χ1n) is 5.82. The molecule has 1 atom stereocenters. The van der Waals surface area contributed by atoms with Gasteiger partial charge in [0.1, 0.15) is 11.8 Å². The highest BCUT2D eigenvalue weighted by Gasteiger charge is 2.19. The summed E-state index contributed by atoms with van der Waals surface area (Å²) in [5.74, 6) is -1.44. The predicted molar refractivity (Wildman–Crippen MR) is 67.9 cm³/mol. The van der Waals surface area contributed by atoms with E-state index < -0.39 is 17.9 Å². The molecule has 104 valence electrons. The molecule has 0 spiro atoms. The molecule has 19 heavy (non-hydrogen) atoms. The Morgan fingerprint density at radius 1 is 1.42 bits per heavy atom. The Labute approximate surface area is 111 Å². The van der Waals surface area contributed by atoms with Crippen molar-refractivity contribution in [2.24, 2.45) is 0 Å². The summed E-state index contributed by atoms with van der Waals surface area (Å²) in [7, 11) is 1.47. The van der Waals surface area contributed by atoms with Gasteiger partial charge in [0.2, 0.25) is 5.91 Å². The van der Waals surface area contributed by atoms with Crippen LogP contribution in [0.2, 0.25) is 0 Å². The summed E-state index contributed by atoms with van der Waals surface area (Å²) in [5.41, 5.74) is 0.619. The lowest BCUT2D eigenvalue weighted by atomic mass is 10.1. The van der Waals surface area contributed by atoms with Crippen molar-refractivity contribution in [3.63, 3.8) is 0 Å². The van der Waals surface area contributed by atoms with Gasteiger partial charge in [-0.25, -0.2) is 4.79 Å². The fraction of sp³-hybridized carbons (Fsp3) is 0.385. The van der Waals surface area contributed by atoms with Crippen LogP contribution >= 0.6 is 0 Å². The fourth-order valence-corrected chi connectivity index (χ4v) is 1.59. The largest absolute Gasteiger partial charge is 0.508 e. The number of ether oxygens (including phenoxy) is 1. The molecule has 1 amide bonds. The highest BCUT2D eigenvalue weighted by atomic mass is 16.5. The number of carbonyl (C=O) groups is 2. The van der Waals surface area contributed by atoms with E-state index in [1.807, 2.05) is 0 Å². The number of carboxylic acids is 1. The lowest BCUT2D eigenvalue weighted by molar-refractivity contribution is -0.142. The number of phenols is 1. The fourth-order valence-electron chi connectivity index (χ4n) is 1.59. The smallest absolute Gasteiger partial charge is 0.326 e. The van der Waals surface area contributed by atoms with Crippen LogP contribution in [0.3, 0.4) is 0 Å². The first kappa shape index (κ1) is 15.0. The summed E-state index contributed by atoms with van der Waals surface area (Å²) in [6, 6.07) is 5.30. The topological polar surface area (TPSA) is 95.9 Å². The van der Waals surface area contributed by atoms with Gasteiger partial charge in [-0.15, -0.1) is 0 Å². The van der Waals surface area contributed by atoms with Crippen LogP contribution in [0.5, 0.6) is 5.75 Å². The third-order valence-corrected chi connectivity index (χ3v) is 2.52. The number of nitrogens with one attached hydrogen (secondary N) is 1. The van der Waals surface area contributed by atoms with Gasteiger partial charge in [-0.1, -0.05) is 12.1 Å². The molecule has 1 aromatic rings. The monoisotopic (exact) mass is 267 g/mol. The number of hydrogen-bond acceptors (Lipinski definition) is 4. The SMILES string of the molecule is COCCC(NC(=O)Cc1cccc(O)c1)C(=O)O. The summed E-state index contributed by atoms with van der Waals surface area (Å²) in [6.45, 7) is 0.253. The third kappa shape index (κ3) is 5.39. The minimum absolute atomic E-state index is 0.0190. The Morgan fingerprint density at radius 3 is 2.74 bits per heavy atom. The van der Waals surface area contributed by atoms with Gasteiger partial charge in [-0.3, -0.25) is 4.79 Å². The second kappa shape index (κ2) is 7.38. The molecule has 0 aliphatic carbocycles. The lowest BCUT2D eigenvalue weighted by Crippen LogP contribution is -2.42. The zero-order chi connectivity index (χ0) is 14.3. The molecule has 0 saturated heterocycles. The van der Waals surface area contributed by atoms with Crippen LogP contribution in [0.25, 0.3) is 0 Å². The number of carboxylic acid groups (broad SMARTS) is 1. The first-order valence-corrected chi connectivity index (χ1v) is 5.82. The van der Waals surface area contributed by atoms with E-state index in [4.69, 9.17) is 9.84 Å². The molecule has 1 unspecified atom stereocenters. The van der Waals surface area contributed by atoms with Crippen molar-refractivity contribution in [2.45, 2.75) is 18.9 Å². The molecule has 0 aliphatic heterocycles. The van der Waals surface area contributed by atoms with Crippen molar-refractivity contribution in [2.75, 3.05) is 13.7 Å². The number of aliphatic carboxylic acids is 1. The third-order valence-electron chi connectivity index (χ3n) is 2.52. The average molecular weight is 267 g/mol. The van der Waals surface area contributed by atoms with E-state index in [0.717, 1.165) is 0 Å². The Hall–Kier alpha value is -2.08. The summed E-state index contributed by atoms with van der Waals surface area (Å²) < 4.78 is 4.79. The van der Waals surface area contributed by atoms with Crippen LogP contribution < -0.4 is 5.32 Å². The van der Waals surface area contributed by atoms with Gasteiger partial charge in [0.05, 0.1) is 6.42 Å². The highest BCUT2D eigenvalue weighted by molar-refractivity contribution is 5.84. The number of hydrogen-bond donors (Lipinski definition) is 3. The first-order chi connectivity index (χ1) is 9.02. The van der Waals surface area contributed by atoms with E-state index in [-0.39, 0.29) is 25.2 Å². The van der Waals surface area contributed by atoms with Gasteiger partial charge < -0.3 is 20.3 Å². The van der Waals surface area contributed by atoms with Gasteiger partial charge in [-0.2, -0.15) is 0 Å². The molecule has 6 heteroatoms. The molecule has 1 rings (SSSR count). The standard InChI is InChI=1S/C13H17NO5/c1-19-6-5-11(13(17)18)14-12(16)8-9-3-2-4-10(15)7-9/h2-4,7,11,15H,5-6,8H2,1H3,(H,14,16)(H,17,18). The molecule has 0 bridgehead atoms. The second-order valence-electron chi connectivity index (χ2n) is 4.09. The number of phenolic OH excluding ortho intramolecular Hbond substituents is 1. The van der Waals surface area contributed by atoms with Crippen LogP contribution in [0.15, 0.2) is 24.3 Å². The molecule has 0 radical (unpaired) electrons. The lowest BCUT2D eigenvalue weighted by Gasteiger charge is -2.14. The highest BCUT2D eigenvalue weighted by Crippen LogP contribution is 2.11. The summed E-state index contributed by atoms with van der Waals surface area (Å²) in [6.07, 6.45) is 0.225. The maximum absolute atomic E-state index is 11.7. The molecular weight excluding hydrogens is 250 g/mol. The number of amides is 1. The van der Waals surface area contributed by atoms with Crippen LogP contribution in [-0.2, 0) is 20.7 Å². The Balaban J connectivity index is 2.55. The average Bonchev–Trinajstić information content (AvgIpc) is 2.34. The molecular formula is C13H17NO5. The van der Waals surface area contributed by atoms with Crippen molar-refractivity contribution < 1.29 is 24.5 Å². The summed E-state index contributed by atoms with van der Waals surface area (Å²) in [5, 5.41) is 20.6. The van der Waals surface area contributed by atoms with Gasteiger partial charge >= 0.3 is 5.97 Å². The second-order valence-corrected chi connectivity index (χ2v) is 4.09. The van der Waals surface area contributed by atoms with Gasteiger partial charge in [0.25, 0.3) is 0 Å². The number of rotatable bonds is 7. The van der Waals surface area contributed by atoms with Gasteiger partial charge in [0.15, 0.2) is 0 Å². The molecule has 3 N–H and O–H groups in total. The van der Waals surface area contributed by atoms with E-state index in [9.17, 15) is 14.7 Å². The van der Waals surface area contributed by atoms with Crippen molar-refractivity contribution in [1.29, 1.82) is 0 Å². The van der Waals surface area contributed by atoms with Crippen molar-refractivity contribution >= 4 is 11.9 Å². The molecule has 0 saturated carbocycles. The maximum atomic E-state index is 11.7. The zero-order valence-corrected chi connectivity index (χ0v) is 10.6. The molecule has 6 nitrogen and oxygen atoms in total. The van der Waals surface area contributed by atoms with E-state index in [2.05, 4.69) is 5.32 Å². The number of methoxy groups -OCH3 is 1. The van der Waals surface area contributed by atoms with Crippen LogP contribution in [0.4, 0.5) is 0 Å². The van der Waals surface area contributed by atoms with E-state index in [1.165, 1.54) is 19.2 Å². The number of carbonyl (C=O) groups excluding carboxylic acids is 1. The predicted octanol–water partition coefficient (Wildman–Crippen LogP) is 0.541. The van der Waals surface area contributed by atoms with Crippen LogP contribution in [-0.4, -0.2) is 41.8 Å². The summed E-state index contributed by atoms with van der Waals surface area (Å²) in [4.78, 5) is 22.6. The van der Waals surface area contributed by atoms with Crippen LogP contribution in [0, 0.1) is 0 Å². The number of aromatic hydroxyl groups is 1. The zero-order valence-electron chi connectivity index (χ0n) is 10.6. The summed E-state index contributed by atoms with van der Waals surface area (Å²) >= 11 is 0. The van der Waals surface area contributed by atoms with Gasteiger partial charge in [0, 0.05) is 20.1 Å². The Kier molecular flexibility index (Phi) is 5.81. The molecule has 0 fully saturated rings. The van der Waals surface area contributed by atoms with Crippen molar-refractivity contribution in [3.8, 4) is 5.75 Å². The van der Waals surface area contributed by atoms with Crippen LogP contribution in [0.1, 0.15) is 12.0 Å². The van der Waals surface area contributed by atoms with E-state index in [0.29, 0.717) is 5.56 Å². The number of benzene rings is 1. The minimum Gasteiger partial charge on any atom is -0.508 e. The van der Waals surface area contributed by atoms with Crippen molar-refractivity contribution in [1.82, 2.24) is 5.32 Å².